The van der Waals surface area contributed by atoms with E-state index >= 15 is 0 Å². The summed E-state index contributed by atoms with van der Waals surface area (Å²) in [6, 6.07) is 1.94. The molecule has 2 heterocycles. The highest BCUT2D eigenvalue weighted by molar-refractivity contribution is 5.77. The van der Waals surface area contributed by atoms with E-state index in [1.165, 1.54) is 0 Å². The third-order valence-electron chi connectivity index (χ3n) is 3.27. The number of nitrogens with two attached hydrogens (primary N) is 1. The number of aromatic nitrogens is 1. The summed E-state index contributed by atoms with van der Waals surface area (Å²) in [6.45, 7) is 6.75. The summed E-state index contributed by atoms with van der Waals surface area (Å²) in [5, 5.41) is 3.87. The van der Waals surface area contributed by atoms with Gasteiger partial charge in [0.15, 0.2) is 5.76 Å². The van der Waals surface area contributed by atoms with Gasteiger partial charge in [-0.25, -0.2) is 0 Å². The molecule has 0 radical (unpaired) electrons. The standard InChI is InChI=1S/C13H22N4O3/c1-11-8-12(20-15-11)9-16-3-5-17(6-4-16)13(18)10-19-7-2-14/h8H,2-7,9-10,14H2,1H3. The molecule has 2 rings (SSSR count). The van der Waals surface area contributed by atoms with E-state index < -0.39 is 0 Å². The minimum Gasteiger partial charge on any atom is -0.370 e. The summed E-state index contributed by atoms with van der Waals surface area (Å²) >= 11 is 0. The van der Waals surface area contributed by atoms with Crippen LogP contribution in [0.2, 0.25) is 0 Å². The molecule has 1 aromatic rings. The molecule has 0 aliphatic carbocycles. The molecular weight excluding hydrogens is 260 g/mol. The second-order valence-corrected chi connectivity index (χ2v) is 4.93. The molecule has 1 aromatic heterocycles. The molecule has 1 amide bonds. The number of hydrogen-bond acceptors (Lipinski definition) is 6. The summed E-state index contributed by atoms with van der Waals surface area (Å²) in [4.78, 5) is 15.9. The zero-order chi connectivity index (χ0) is 14.4. The van der Waals surface area contributed by atoms with Crippen LogP contribution in [0.25, 0.3) is 0 Å². The van der Waals surface area contributed by atoms with Crippen LogP contribution in [0.15, 0.2) is 10.6 Å². The van der Waals surface area contributed by atoms with E-state index in [1.54, 1.807) is 0 Å². The van der Waals surface area contributed by atoms with Crippen molar-refractivity contribution >= 4 is 5.91 Å². The number of rotatable bonds is 6. The van der Waals surface area contributed by atoms with Crippen molar-refractivity contribution in [1.29, 1.82) is 0 Å². The summed E-state index contributed by atoms with van der Waals surface area (Å²) in [5.41, 5.74) is 6.21. The third kappa shape index (κ3) is 4.29. The maximum absolute atomic E-state index is 11.9. The van der Waals surface area contributed by atoms with Crippen molar-refractivity contribution in [3.63, 3.8) is 0 Å². The van der Waals surface area contributed by atoms with E-state index in [0.717, 1.165) is 44.2 Å². The zero-order valence-electron chi connectivity index (χ0n) is 11.9. The van der Waals surface area contributed by atoms with Gasteiger partial charge in [0.2, 0.25) is 5.91 Å². The maximum Gasteiger partial charge on any atom is 0.248 e. The number of carbonyl (C=O) groups is 1. The van der Waals surface area contributed by atoms with Crippen LogP contribution in [-0.4, -0.2) is 66.8 Å². The molecule has 1 aliphatic rings. The minimum absolute atomic E-state index is 0.0357. The normalized spacial score (nSPS) is 16.6. The highest BCUT2D eigenvalue weighted by Gasteiger charge is 2.21. The van der Waals surface area contributed by atoms with Crippen molar-refractivity contribution in [2.45, 2.75) is 13.5 Å². The molecule has 2 N–H and O–H groups in total. The molecule has 1 saturated heterocycles. The Balaban J connectivity index is 1.70. The number of piperazine rings is 1. The first-order chi connectivity index (χ1) is 9.69. The van der Waals surface area contributed by atoms with Crippen LogP contribution in [0.3, 0.4) is 0 Å². The quantitative estimate of drug-likeness (QED) is 0.715. The molecule has 1 fully saturated rings. The van der Waals surface area contributed by atoms with Crippen LogP contribution in [0, 0.1) is 6.92 Å². The molecule has 7 nitrogen and oxygen atoms in total. The van der Waals surface area contributed by atoms with Crippen molar-refractivity contribution < 1.29 is 14.1 Å². The van der Waals surface area contributed by atoms with Crippen LogP contribution >= 0.6 is 0 Å². The molecule has 112 valence electrons. The first-order valence-corrected chi connectivity index (χ1v) is 6.89. The Morgan fingerprint density at radius 2 is 2.20 bits per heavy atom. The van der Waals surface area contributed by atoms with Crippen molar-refractivity contribution in [2.24, 2.45) is 5.73 Å². The van der Waals surface area contributed by atoms with Crippen LogP contribution in [0.1, 0.15) is 11.5 Å². The third-order valence-corrected chi connectivity index (χ3v) is 3.27. The predicted octanol–water partition coefficient (Wildman–Crippen LogP) is -0.397. The number of ether oxygens (including phenoxy) is 1. The molecule has 0 spiro atoms. The van der Waals surface area contributed by atoms with Crippen LogP contribution in [-0.2, 0) is 16.1 Å². The van der Waals surface area contributed by atoms with Crippen LogP contribution in [0.5, 0.6) is 0 Å². The second-order valence-electron chi connectivity index (χ2n) is 4.93. The fourth-order valence-corrected chi connectivity index (χ4v) is 2.20. The molecular formula is C13H22N4O3. The second kappa shape index (κ2) is 7.37. The van der Waals surface area contributed by atoms with E-state index in [1.807, 2.05) is 17.9 Å². The van der Waals surface area contributed by atoms with Gasteiger partial charge < -0.3 is 19.9 Å². The number of carbonyl (C=O) groups excluding carboxylic acids is 1. The van der Waals surface area contributed by atoms with E-state index in [0.29, 0.717) is 13.2 Å². The number of aryl methyl sites for hydroxylation is 1. The Morgan fingerprint density at radius 1 is 1.45 bits per heavy atom. The monoisotopic (exact) mass is 282 g/mol. The van der Waals surface area contributed by atoms with Gasteiger partial charge in [-0.15, -0.1) is 0 Å². The smallest absolute Gasteiger partial charge is 0.248 e. The molecule has 0 unspecified atom stereocenters. The largest absolute Gasteiger partial charge is 0.370 e. The Bertz CT molecular complexity index is 427. The Kier molecular flexibility index (Phi) is 5.51. The van der Waals surface area contributed by atoms with Gasteiger partial charge in [-0.05, 0) is 6.92 Å². The van der Waals surface area contributed by atoms with Crippen molar-refractivity contribution in [3.8, 4) is 0 Å². The van der Waals surface area contributed by atoms with Gasteiger partial charge in [0.05, 0.1) is 18.8 Å². The molecule has 1 aliphatic heterocycles. The molecule has 20 heavy (non-hydrogen) atoms. The molecule has 0 saturated carbocycles. The molecule has 0 bridgehead atoms. The van der Waals surface area contributed by atoms with Gasteiger partial charge in [-0.2, -0.15) is 0 Å². The average Bonchev–Trinajstić information content (AvgIpc) is 2.85. The molecule has 0 aromatic carbocycles. The predicted molar refractivity (Wildman–Crippen MR) is 73.0 cm³/mol. The van der Waals surface area contributed by atoms with Gasteiger partial charge in [-0.1, -0.05) is 5.16 Å². The van der Waals surface area contributed by atoms with Gasteiger partial charge in [0.1, 0.15) is 6.61 Å². The Hall–Kier alpha value is -1.44. The van der Waals surface area contributed by atoms with E-state index in [-0.39, 0.29) is 12.5 Å². The van der Waals surface area contributed by atoms with E-state index in [9.17, 15) is 4.79 Å². The highest BCUT2D eigenvalue weighted by atomic mass is 16.5. The number of nitrogens with zero attached hydrogens (tertiary/aromatic N) is 3. The SMILES string of the molecule is Cc1cc(CN2CCN(C(=O)COCCN)CC2)on1. The summed E-state index contributed by atoms with van der Waals surface area (Å²) in [6.07, 6.45) is 0. The Morgan fingerprint density at radius 3 is 2.80 bits per heavy atom. The first-order valence-electron chi connectivity index (χ1n) is 6.89. The van der Waals surface area contributed by atoms with Gasteiger partial charge >= 0.3 is 0 Å². The highest BCUT2D eigenvalue weighted by Crippen LogP contribution is 2.09. The first kappa shape index (κ1) is 15.0. The van der Waals surface area contributed by atoms with Crippen LogP contribution < -0.4 is 5.73 Å². The maximum atomic E-state index is 11.9. The summed E-state index contributed by atoms with van der Waals surface area (Å²) in [7, 11) is 0. The lowest BCUT2D eigenvalue weighted by atomic mass is 10.3. The van der Waals surface area contributed by atoms with Crippen molar-refractivity contribution in [2.75, 3.05) is 45.9 Å². The van der Waals surface area contributed by atoms with Gasteiger partial charge in [0.25, 0.3) is 0 Å². The summed E-state index contributed by atoms with van der Waals surface area (Å²) in [5.74, 6) is 0.905. The van der Waals surface area contributed by atoms with Gasteiger partial charge in [0, 0.05) is 38.8 Å². The lowest BCUT2D eigenvalue weighted by Crippen LogP contribution is -2.49. The van der Waals surface area contributed by atoms with Crippen molar-refractivity contribution in [1.82, 2.24) is 15.0 Å². The van der Waals surface area contributed by atoms with Gasteiger partial charge in [-0.3, -0.25) is 9.69 Å². The van der Waals surface area contributed by atoms with Crippen molar-refractivity contribution in [3.05, 3.63) is 17.5 Å². The minimum atomic E-state index is 0.0357. The van der Waals surface area contributed by atoms with E-state index in [2.05, 4.69) is 10.1 Å². The Labute approximate surface area is 118 Å². The topological polar surface area (TPSA) is 84.8 Å². The van der Waals surface area contributed by atoms with E-state index in [4.69, 9.17) is 15.0 Å². The average molecular weight is 282 g/mol. The molecule has 7 heteroatoms. The lowest BCUT2D eigenvalue weighted by Gasteiger charge is -2.34. The fourth-order valence-electron chi connectivity index (χ4n) is 2.20. The number of amides is 1. The zero-order valence-corrected chi connectivity index (χ0v) is 11.9. The fraction of sp³-hybridized carbons (Fsp3) is 0.692. The number of hydrogen-bond donors (Lipinski definition) is 1. The summed E-state index contributed by atoms with van der Waals surface area (Å²) < 4.78 is 10.4. The molecule has 0 atom stereocenters. The lowest BCUT2D eigenvalue weighted by molar-refractivity contribution is -0.137. The van der Waals surface area contributed by atoms with Crippen LogP contribution in [0.4, 0.5) is 0 Å².